The number of hydrogen-bond acceptors (Lipinski definition) is 4. The van der Waals surface area contributed by atoms with Crippen molar-refractivity contribution in [3.63, 3.8) is 0 Å². The number of nitrogens with one attached hydrogen (secondary N) is 2. The molecule has 3 N–H and O–H groups in total. The van der Waals surface area contributed by atoms with Crippen LogP contribution in [0.3, 0.4) is 0 Å². The summed E-state index contributed by atoms with van der Waals surface area (Å²) in [6.45, 7) is 5.40. The first-order valence-corrected chi connectivity index (χ1v) is 11.5. The number of rotatable bonds is 7. The van der Waals surface area contributed by atoms with Crippen LogP contribution in [0.5, 0.6) is 0 Å². The van der Waals surface area contributed by atoms with E-state index in [9.17, 15) is 19.5 Å². The van der Waals surface area contributed by atoms with Crippen LogP contribution in [-0.4, -0.2) is 35.7 Å². The van der Waals surface area contributed by atoms with Gasteiger partial charge in [0.2, 0.25) is 5.91 Å². The van der Waals surface area contributed by atoms with Gasteiger partial charge in [-0.05, 0) is 52.8 Å². The maximum absolute atomic E-state index is 13.0. The van der Waals surface area contributed by atoms with Gasteiger partial charge in [-0.2, -0.15) is 0 Å². The number of anilines is 1. The van der Waals surface area contributed by atoms with Crippen LogP contribution in [0, 0.1) is 12.8 Å². The molecule has 1 atom stereocenters. The van der Waals surface area contributed by atoms with Crippen LogP contribution in [-0.2, 0) is 9.53 Å². The summed E-state index contributed by atoms with van der Waals surface area (Å²) in [6, 6.07) is 19.9. The van der Waals surface area contributed by atoms with Crippen LogP contribution in [0.25, 0.3) is 11.1 Å². The molecule has 4 rings (SSSR count). The van der Waals surface area contributed by atoms with Crippen molar-refractivity contribution in [1.29, 1.82) is 0 Å². The summed E-state index contributed by atoms with van der Waals surface area (Å²) >= 11 is 0. The number of carboxylic acid groups (broad SMARTS) is 1. The average molecular weight is 473 g/mol. The van der Waals surface area contributed by atoms with Gasteiger partial charge in [0, 0.05) is 11.6 Å². The molecule has 3 aromatic carbocycles. The molecule has 7 heteroatoms. The van der Waals surface area contributed by atoms with Gasteiger partial charge in [0.25, 0.3) is 0 Å². The maximum Gasteiger partial charge on any atom is 0.407 e. The number of carbonyl (C=O) groups excluding carboxylic acids is 2. The van der Waals surface area contributed by atoms with Crippen LogP contribution in [0.4, 0.5) is 10.5 Å². The van der Waals surface area contributed by atoms with Crippen molar-refractivity contribution < 1.29 is 24.2 Å². The molecule has 2 amide bonds. The highest BCUT2D eigenvalue weighted by atomic mass is 16.5. The summed E-state index contributed by atoms with van der Waals surface area (Å²) < 4.78 is 5.59. The average Bonchev–Trinajstić information content (AvgIpc) is 3.15. The van der Waals surface area contributed by atoms with Crippen molar-refractivity contribution in [2.45, 2.75) is 32.7 Å². The standard InChI is InChI=1S/C28H28N2O5/c1-16(2)25(26(31)29-24-14-8-13-18(17(24)3)27(32)33)30-28(34)35-15-23-21-11-6-4-9-19(21)20-10-5-7-12-22(20)23/h4-14,16,23,25H,15H2,1-3H3,(H,29,31)(H,30,34)(H,32,33)/t25-/m1/s1. The molecule has 1 aliphatic rings. The molecule has 7 nitrogen and oxygen atoms in total. The number of hydrogen-bond donors (Lipinski definition) is 3. The molecule has 0 heterocycles. The Morgan fingerprint density at radius 1 is 0.914 bits per heavy atom. The summed E-state index contributed by atoms with van der Waals surface area (Å²) in [5, 5.41) is 14.7. The first-order valence-electron chi connectivity index (χ1n) is 11.5. The second-order valence-electron chi connectivity index (χ2n) is 8.96. The third kappa shape index (κ3) is 4.89. The zero-order valence-electron chi connectivity index (χ0n) is 19.9. The quantitative estimate of drug-likeness (QED) is 0.439. The number of carboxylic acids is 1. The lowest BCUT2D eigenvalue weighted by atomic mass is 9.98. The Balaban J connectivity index is 1.44. The number of benzene rings is 3. The van der Waals surface area contributed by atoms with Gasteiger partial charge in [0.05, 0.1) is 5.56 Å². The molecule has 0 aromatic heterocycles. The van der Waals surface area contributed by atoms with Gasteiger partial charge in [0.15, 0.2) is 0 Å². The molecule has 1 aliphatic carbocycles. The van der Waals surface area contributed by atoms with E-state index in [0.717, 1.165) is 22.3 Å². The van der Waals surface area contributed by atoms with Crippen molar-refractivity contribution >= 4 is 23.7 Å². The number of ether oxygens (including phenoxy) is 1. The third-order valence-electron chi connectivity index (χ3n) is 6.39. The molecule has 0 aliphatic heterocycles. The van der Waals surface area contributed by atoms with E-state index >= 15 is 0 Å². The molecule has 0 radical (unpaired) electrons. The summed E-state index contributed by atoms with van der Waals surface area (Å²) in [5.74, 6) is -1.82. The van der Waals surface area contributed by atoms with Gasteiger partial charge in [-0.3, -0.25) is 4.79 Å². The lowest BCUT2D eigenvalue weighted by Crippen LogP contribution is -2.47. The molecular weight excluding hydrogens is 444 g/mol. The Kier molecular flexibility index (Phi) is 6.87. The van der Waals surface area contributed by atoms with E-state index in [1.165, 1.54) is 6.07 Å². The molecule has 0 spiro atoms. The van der Waals surface area contributed by atoms with E-state index in [1.807, 2.05) is 50.2 Å². The van der Waals surface area contributed by atoms with E-state index in [0.29, 0.717) is 11.3 Å². The highest BCUT2D eigenvalue weighted by Crippen LogP contribution is 2.44. The van der Waals surface area contributed by atoms with Crippen molar-refractivity contribution in [1.82, 2.24) is 5.32 Å². The van der Waals surface area contributed by atoms with Crippen LogP contribution in [0.2, 0.25) is 0 Å². The molecule has 0 fully saturated rings. The van der Waals surface area contributed by atoms with Crippen molar-refractivity contribution in [3.8, 4) is 11.1 Å². The van der Waals surface area contributed by atoms with Gasteiger partial charge in [-0.15, -0.1) is 0 Å². The van der Waals surface area contributed by atoms with Gasteiger partial charge >= 0.3 is 12.1 Å². The summed E-state index contributed by atoms with van der Waals surface area (Å²) in [4.78, 5) is 37.1. The Morgan fingerprint density at radius 2 is 1.51 bits per heavy atom. The Hall–Kier alpha value is -4.13. The first-order chi connectivity index (χ1) is 16.8. The molecule has 180 valence electrons. The predicted molar refractivity (Wildman–Crippen MR) is 134 cm³/mol. The SMILES string of the molecule is Cc1c(NC(=O)[C@H](NC(=O)OCC2c3ccccc3-c3ccccc32)C(C)C)cccc1C(=O)O. The number of amides is 2. The fourth-order valence-electron chi connectivity index (χ4n) is 4.52. The number of fused-ring (bicyclic) bond motifs is 3. The van der Waals surface area contributed by atoms with Crippen molar-refractivity contribution in [2.24, 2.45) is 5.92 Å². The molecule has 3 aromatic rings. The van der Waals surface area contributed by atoms with E-state index < -0.39 is 24.0 Å². The number of alkyl carbamates (subject to hydrolysis) is 1. The zero-order chi connectivity index (χ0) is 25.1. The normalized spacial score (nSPS) is 13.0. The van der Waals surface area contributed by atoms with Gasteiger partial charge in [-0.25, -0.2) is 9.59 Å². The van der Waals surface area contributed by atoms with Crippen molar-refractivity contribution in [3.05, 3.63) is 89.0 Å². The summed E-state index contributed by atoms with van der Waals surface area (Å²) in [6.07, 6.45) is -0.684. The Labute approximate surface area is 204 Å². The van der Waals surface area contributed by atoms with E-state index in [2.05, 4.69) is 22.8 Å². The van der Waals surface area contributed by atoms with Gasteiger partial charge in [-0.1, -0.05) is 68.4 Å². The molecule has 0 saturated heterocycles. The molecule has 0 bridgehead atoms. The summed E-state index contributed by atoms with van der Waals surface area (Å²) in [7, 11) is 0. The van der Waals surface area contributed by atoms with Gasteiger partial charge in [0.1, 0.15) is 12.6 Å². The van der Waals surface area contributed by atoms with Crippen LogP contribution >= 0.6 is 0 Å². The molecule has 0 saturated carbocycles. The second kappa shape index (κ2) is 10.0. The number of aromatic carboxylic acids is 1. The maximum atomic E-state index is 13.0. The minimum absolute atomic E-state index is 0.0825. The monoisotopic (exact) mass is 472 g/mol. The van der Waals surface area contributed by atoms with Gasteiger partial charge < -0.3 is 20.5 Å². The highest BCUT2D eigenvalue weighted by Gasteiger charge is 2.30. The minimum atomic E-state index is -1.07. The fourth-order valence-corrected chi connectivity index (χ4v) is 4.52. The smallest absolute Gasteiger partial charge is 0.407 e. The van der Waals surface area contributed by atoms with Crippen LogP contribution < -0.4 is 10.6 Å². The number of carbonyl (C=O) groups is 3. The minimum Gasteiger partial charge on any atom is -0.478 e. The predicted octanol–water partition coefficient (Wildman–Crippen LogP) is 5.20. The molecule has 0 unspecified atom stereocenters. The second-order valence-corrected chi connectivity index (χ2v) is 8.96. The lowest BCUT2D eigenvalue weighted by molar-refractivity contribution is -0.119. The molecule has 35 heavy (non-hydrogen) atoms. The highest BCUT2D eigenvalue weighted by molar-refractivity contribution is 5.99. The summed E-state index contributed by atoms with van der Waals surface area (Å²) in [5.41, 5.74) is 5.41. The van der Waals surface area contributed by atoms with E-state index in [-0.39, 0.29) is 24.0 Å². The van der Waals surface area contributed by atoms with E-state index in [1.54, 1.807) is 19.1 Å². The Bertz CT molecular complexity index is 1240. The fraction of sp³-hybridized carbons (Fsp3) is 0.250. The first kappa shape index (κ1) is 24.0. The molecular formula is C28H28N2O5. The largest absolute Gasteiger partial charge is 0.478 e. The lowest BCUT2D eigenvalue weighted by Gasteiger charge is -2.23. The zero-order valence-corrected chi connectivity index (χ0v) is 19.9. The van der Waals surface area contributed by atoms with Crippen LogP contribution in [0.15, 0.2) is 66.7 Å². The van der Waals surface area contributed by atoms with E-state index in [4.69, 9.17) is 4.74 Å². The van der Waals surface area contributed by atoms with Crippen molar-refractivity contribution in [2.75, 3.05) is 11.9 Å². The topological polar surface area (TPSA) is 105 Å². The van der Waals surface area contributed by atoms with Crippen LogP contribution in [0.1, 0.15) is 46.8 Å². The third-order valence-corrected chi connectivity index (χ3v) is 6.39. The Morgan fingerprint density at radius 3 is 2.09 bits per heavy atom.